The molecular weight excluding hydrogens is 521 g/mol. The van der Waals surface area contributed by atoms with E-state index in [0.29, 0.717) is 63.7 Å². The molecule has 0 aromatic heterocycles. The van der Waals surface area contributed by atoms with E-state index in [-0.39, 0.29) is 23.6 Å². The lowest BCUT2D eigenvalue weighted by molar-refractivity contribution is -0.203. The molecule has 4 aliphatic heterocycles. The lowest BCUT2D eigenvalue weighted by Gasteiger charge is -2.53. The summed E-state index contributed by atoms with van der Waals surface area (Å²) in [6, 6.07) is -0.822. The summed E-state index contributed by atoms with van der Waals surface area (Å²) in [5.41, 5.74) is 3.33. The predicted octanol–water partition coefficient (Wildman–Crippen LogP) is 2.73. The summed E-state index contributed by atoms with van der Waals surface area (Å²) < 4.78 is 43.2. The van der Waals surface area contributed by atoms with Crippen molar-refractivity contribution in [2.75, 3.05) is 33.2 Å². The summed E-state index contributed by atoms with van der Waals surface area (Å²) >= 11 is 6.36. The second kappa shape index (κ2) is 11.4. The van der Waals surface area contributed by atoms with E-state index in [0.717, 1.165) is 37.3 Å². The quantitative estimate of drug-likeness (QED) is 0.406. The van der Waals surface area contributed by atoms with E-state index in [1.165, 1.54) is 14.0 Å². The highest BCUT2D eigenvalue weighted by atomic mass is 35.5. The number of alkyl halides is 4. The van der Waals surface area contributed by atoms with Gasteiger partial charge in [0.2, 0.25) is 11.8 Å². The summed E-state index contributed by atoms with van der Waals surface area (Å²) in [5.74, 6) is -1.55. The van der Waals surface area contributed by atoms with Gasteiger partial charge in [-0.2, -0.15) is 13.2 Å². The third-order valence-electron chi connectivity index (χ3n) is 9.81. The number of piperidine rings is 2. The van der Waals surface area contributed by atoms with E-state index in [2.05, 4.69) is 20.7 Å². The third-order valence-corrected chi connectivity index (χ3v) is 10.1. The largest absolute Gasteiger partial charge is 0.409 e. The van der Waals surface area contributed by atoms with Crippen molar-refractivity contribution in [2.45, 2.75) is 107 Å². The van der Waals surface area contributed by atoms with Gasteiger partial charge in [-0.3, -0.25) is 19.8 Å². The smallest absolute Gasteiger partial charge is 0.343 e. The standard InChI is InChI=1S/C26H42ClF3N6O2/c1-16(37)34-12-9-18(10-13-34)25(38)33(2)24(26(28,29)30)17-5-7-19(8-6-17)35-11-3-4-20-21(35)15-31-23-14-22(27)32-36(20)23/h17-24,31-32H,3-15H2,1-2H3/t17?,19?,20?,21?,22?,23?,24-/m0/s1. The Labute approximate surface area is 228 Å². The van der Waals surface area contributed by atoms with Crippen LogP contribution in [0.4, 0.5) is 13.2 Å². The van der Waals surface area contributed by atoms with Crippen LogP contribution in [-0.2, 0) is 9.59 Å². The molecule has 5 rings (SSSR count). The lowest BCUT2D eigenvalue weighted by atomic mass is 9.78. The molecule has 5 atom stereocenters. The second-order valence-corrected chi connectivity index (χ2v) is 12.5. The monoisotopic (exact) mass is 562 g/mol. The molecule has 12 heteroatoms. The molecule has 0 aromatic rings. The molecule has 1 saturated carbocycles. The third kappa shape index (κ3) is 5.68. The highest BCUT2D eigenvalue weighted by molar-refractivity contribution is 6.20. The predicted molar refractivity (Wildman–Crippen MR) is 138 cm³/mol. The molecule has 4 saturated heterocycles. The average molecular weight is 563 g/mol. The van der Waals surface area contributed by atoms with Gasteiger partial charge in [0.25, 0.3) is 0 Å². The first-order valence-electron chi connectivity index (χ1n) is 14.3. The van der Waals surface area contributed by atoms with Gasteiger partial charge < -0.3 is 9.80 Å². The van der Waals surface area contributed by atoms with Crippen molar-refractivity contribution in [2.24, 2.45) is 11.8 Å². The zero-order valence-corrected chi connectivity index (χ0v) is 23.2. The Morgan fingerprint density at radius 2 is 1.68 bits per heavy atom. The van der Waals surface area contributed by atoms with E-state index in [1.54, 1.807) is 4.90 Å². The summed E-state index contributed by atoms with van der Waals surface area (Å²) in [6.07, 6.45) is 2.00. The Balaban J connectivity index is 1.20. The Hall–Kier alpha value is -1.14. The molecule has 2 N–H and O–H groups in total. The van der Waals surface area contributed by atoms with Crippen molar-refractivity contribution in [3.8, 4) is 0 Å². The van der Waals surface area contributed by atoms with Gasteiger partial charge in [-0.15, -0.1) is 11.6 Å². The van der Waals surface area contributed by atoms with Crippen LogP contribution in [0.15, 0.2) is 0 Å². The maximum atomic E-state index is 14.4. The summed E-state index contributed by atoms with van der Waals surface area (Å²) in [7, 11) is 1.33. The van der Waals surface area contributed by atoms with Gasteiger partial charge in [-0.25, -0.2) is 10.4 Å². The van der Waals surface area contributed by atoms with Crippen LogP contribution in [0.5, 0.6) is 0 Å². The molecule has 216 valence electrons. The lowest BCUT2D eigenvalue weighted by Crippen LogP contribution is -2.70. The number of halogens is 4. The number of nitrogens with zero attached hydrogens (tertiary/aromatic N) is 4. The molecule has 4 heterocycles. The topological polar surface area (TPSA) is 71.2 Å². The van der Waals surface area contributed by atoms with Crippen LogP contribution in [-0.4, -0.2) is 107 Å². The van der Waals surface area contributed by atoms with Crippen molar-refractivity contribution in [1.82, 2.24) is 30.5 Å². The Morgan fingerprint density at radius 1 is 1.00 bits per heavy atom. The fraction of sp³-hybridized carbons (Fsp3) is 0.923. The van der Waals surface area contributed by atoms with E-state index < -0.39 is 30.0 Å². The zero-order valence-electron chi connectivity index (χ0n) is 22.4. The molecule has 2 amide bonds. The number of rotatable bonds is 4. The number of fused-ring (bicyclic) bond motifs is 3. The van der Waals surface area contributed by atoms with Crippen LogP contribution in [0.1, 0.15) is 64.7 Å². The summed E-state index contributed by atoms with van der Waals surface area (Å²) in [4.78, 5) is 30.0. The van der Waals surface area contributed by atoms with Gasteiger partial charge in [-0.1, -0.05) is 0 Å². The minimum atomic E-state index is -4.47. The number of likely N-dealkylation sites (tertiary alicyclic amines) is 2. The first kappa shape index (κ1) is 28.4. The van der Waals surface area contributed by atoms with E-state index in [4.69, 9.17) is 11.6 Å². The number of hydrogen-bond acceptors (Lipinski definition) is 6. The van der Waals surface area contributed by atoms with Crippen molar-refractivity contribution in [3.05, 3.63) is 0 Å². The number of hydrogen-bond donors (Lipinski definition) is 2. The second-order valence-electron chi connectivity index (χ2n) is 12.0. The van der Waals surface area contributed by atoms with E-state index >= 15 is 0 Å². The number of nitrogens with one attached hydrogen (secondary N) is 2. The SMILES string of the molecule is CC(=O)N1CCC(C(=O)N(C)[C@@H](C2CCC(N3CCCC4C3CNC3CC(Cl)NN34)CC2)C(F)(F)F)CC1. The van der Waals surface area contributed by atoms with Crippen LogP contribution in [0.3, 0.4) is 0 Å². The molecule has 1 aliphatic carbocycles. The summed E-state index contributed by atoms with van der Waals surface area (Å²) in [5, 5.41) is 5.90. The van der Waals surface area contributed by atoms with Crippen molar-refractivity contribution in [3.63, 3.8) is 0 Å². The molecule has 38 heavy (non-hydrogen) atoms. The Bertz CT molecular complexity index is 864. The van der Waals surface area contributed by atoms with Crippen LogP contribution in [0.2, 0.25) is 0 Å². The fourth-order valence-electron chi connectivity index (χ4n) is 7.89. The van der Waals surface area contributed by atoms with Gasteiger partial charge in [0, 0.05) is 64.1 Å². The minimum absolute atomic E-state index is 0.0574. The first-order valence-corrected chi connectivity index (χ1v) is 14.7. The molecule has 0 aromatic carbocycles. The first-order chi connectivity index (χ1) is 18.0. The van der Waals surface area contributed by atoms with Gasteiger partial charge in [0.15, 0.2) is 0 Å². The van der Waals surface area contributed by atoms with E-state index in [1.807, 2.05) is 0 Å². The Morgan fingerprint density at radius 3 is 2.32 bits per heavy atom. The van der Waals surface area contributed by atoms with Gasteiger partial charge in [-0.05, 0) is 63.8 Å². The zero-order chi connectivity index (χ0) is 27.2. The molecule has 8 nitrogen and oxygen atoms in total. The number of carbonyl (C=O) groups is 2. The van der Waals surface area contributed by atoms with Gasteiger partial charge in [0.05, 0.1) is 11.7 Å². The Kier molecular flexibility index (Phi) is 8.51. The van der Waals surface area contributed by atoms with Crippen molar-refractivity contribution in [1.29, 1.82) is 0 Å². The molecule has 0 spiro atoms. The number of hydrazine groups is 1. The molecule has 0 bridgehead atoms. The molecule has 4 unspecified atom stereocenters. The molecule has 5 fully saturated rings. The van der Waals surface area contributed by atoms with Crippen LogP contribution < -0.4 is 10.7 Å². The molecule has 0 radical (unpaired) electrons. The highest BCUT2D eigenvalue weighted by Crippen LogP contribution is 2.41. The van der Waals surface area contributed by atoms with E-state index in [9.17, 15) is 22.8 Å². The van der Waals surface area contributed by atoms with Gasteiger partial charge in [0.1, 0.15) is 6.04 Å². The maximum Gasteiger partial charge on any atom is 0.409 e. The molecular formula is C26H42ClF3N6O2. The van der Waals surface area contributed by atoms with Crippen LogP contribution in [0.25, 0.3) is 0 Å². The van der Waals surface area contributed by atoms with Crippen LogP contribution >= 0.6 is 11.6 Å². The summed E-state index contributed by atoms with van der Waals surface area (Å²) in [6.45, 7) is 4.18. The minimum Gasteiger partial charge on any atom is -0.343 e. The van der Waals surface area contributed by atoms with Crippen LogP contribution in [0, 0.1) is 11.8 Å². The maximum absolute atomic E-state index is 14.4. The highest BCUT2D eigenvalue weighted by Gasteiger charge is 2.52. The normalized spacial score (nSPS) is 36.4. The molecule has 5 aliphatic rings. The van der Waals surface area contributed by atoms with Crippen molar-refractivity contribution >= 4 is 23.4 Å². The fourth-order valence-corrected chi connectivity index (χ4v) is 8.17. The van der Waals surface area contributed by atoms with Gasteiger partial charge >= 0.3 is 6.18 Å². The van der Waals surface area contributed by atoms with Crippen molar-refractivity contribution < 1.29 is 22.8 Å². The number of amides is 2. The number of carbonyl (C=O) groups excluding carboxylic acids is 2. The average Bonchev–Trinajstić information content (AvgIpc) is 3.28.